The summed E-state index contributed by atoms with van der Waals surface area (Å²) in [6, 6.07) is 19.3. The number of aromatic nitrogens is 2. The Morgan fingerprint density at radius 1 is 1.13 bits per heavy atom. The third-order valence-electron chi connectivity index (χ3n) is 4.18. The first-order chi connectivity index (χ1) is 15.2. The zero-order chi connectivity index (χ0) is 21.5. The summed E-state index contributed by atoms with van der Waals surface area (Å²) in [6.07, 6.45) is 3.34. The fourth-order valence-electron chi connectivity index (χ4n) is 2.75. The molecule has 2 aromatic carbocycles. The summed E-state index contributed by atoms with van der Waals surface area (Å²) in [5.41, 5.74) is 2.94. The van der Waals surface area contributed by atoms with Crippen molar-refractivity contribution in [3.63, 3.8) is 0 Å². The molecule has 4 rings (SSSR count). The van der Waals surface area contributed by atoms with Gasteiger partial charge in [0.2, 0.25) is 0 Å². The molecule has 0 radical (unpaired) electrons. The maximum absolute atomic E-state index is 12.1. The standard InChI is InChI=1S/C23H16N4O2S2/c24-13-18(22-26-19(15-31-22)16-6-2-1-3-7-16)12-17-8-4-5-9-20(17)29-14-21(28)27-23-25-10-11-30-23/h1-12,15H,14H2,(H,25,27,28). The van der Waals surface area contributed by atoms with Crippen LogP contribution in [0.25, 0.3) is 22.9 Å². The molecule has 0 spiro atoms. The number of ether oxygens (including phenoxy) is 1. The van der Waals surface area contributed by atoms with Gasteiger partial charge in [-0.15, -0.1) is 22.7 Å². The van der Waals surface area contributed by atoms with Crippen molar-refractivity contribution in [2.24, 2.45) is 0 Å². The van der Waals surface area contributed by atoms with E-state index in [1.165, 1.54) is 22.7 Å². The van der Waals surface area contributed by atoms with Crippen LogP contribution >= 0.6 is 22.7 Å². The van der Waals surface area contributed by atoms with Crippen molar-refractivity contribution in [2.45, 2.75) is 0 Å². The topological polar surface area (TPSA) is 87.9 Å². The predicted molar refractivity (Wildman–Crippen MR) is 124 cm³/mol. The van der Waals surface area contributed by atoms with Gasteiger partial charge in [-0.2, -0.15) is 5.26 Å². The molecule has 0 aliphatic heterocycles. The zero-order valence-electron chi connectivity index (χ0n) is 16.2. The summed E-state index contributed by atoms with van der Waals surface area (Å²) < 4.78 is 5.70. The summed E-state index contributed by atoms with van der Waals surface area (Å²) in [6.45, 7) is -0.165. The number of hydrogen-bond donors (Lipinski definition) is 1. The number of allylic oxidation sites excluding steroid dienone is 1. The maximum Gasteiger partial charge on any atom is 0.264 e. The molecule has 2 heterocycles. The molecule has 1 amide bonds. The minimum atomic E-state index is -0.304. The zero-order valence-corrected chi connectivity index (χ0v) is 17.8. The Balaban J connectivity index is 1.52. The highest BCUT2D eigenvalue weighted by atomic mass is 32.1. The number of benzene rings is 2. The minimum Gasteiger partial charge on any atom is -0.483 e. The number of rotatable bonds is 7. The SMILES string of the molecule is N#CC(=Cc1ccccc1OCC(=O)Nc1nccs1)c1nc(-c2ccccc2)cs1. The van der Waals surface area contributed by atoms with Crippen LogP contribution in [-0.4, -0.2) is 22.5 Å². The lowest BCUT2D eigenvalue weighted by atomic mass is 10.1. The van der Waals surface area contributed by atoms with Gasteiger partial charge in [0.15, 0.2) is 11.7 Å². The highest BCUT2D eigenvalue weighted by molar-refractivity contribution is 7.13. The molecule has 8 heteroatoms. The third-order valence-corrected chi connectivity index (χ3v) is 5.74. The first-order valence-corrected chi connectivity index (χ1v) is 11.0. The molecular formula is C23H16N4O2S2. The Kier molecular flexibility index (Phi) is 6.47. The van der Waals surface area contributed by atoms with Gasteiger partial charge in [0.25, 0.3) is 5.91 Å². The molecule has 31 heavy (non-hydrogen) atoms. The Hall–Kier alpha value is -3.80. The number of hydrogen-bond acceptors (Lipinski definition) is 7. The average Bonchev–Trinajstić information content (AvgIpc) is 3.50. The lowest BCUT2D eigenvalue weighted by molar-refractivity contribution is -0.118. The fourth-order valence-corrected chi connectivity index (χ4v) is 4.09. The van der Waals surface area contributed by atoms with Crippen molar-refractivity contribution >= 4 is 45.4 Å². The number of carbonyl (C=O) groups is 1. The van der Waals surface area contributed by atoms with E-state index in [2.05, 4.69) is 21.4 Å². The summed E-state index contributed by atoms with van der Waals surface area (Å²) in [7, 11) is 0. The number of anilines is 1. The van der Waals surface area contributed by atoms with Gasteiger partial charge in [-0.1, -0.05) is 48.5 Å². The number of nitriles is 1. The van der Waals surface area contributed by atoms with Gasteiger partial charge in [0.1, 0.15) is 16.8 Å². The number of nitrogens with zero attached hydrogens (tertiary/aromatic N) is 3. The predicted octanol–water partition coefficient (Wildman–Crippen LogP) is 5.35. The van der Waals surface area contributed by atoms with Crippen LogP contribution in [-0.2, 0) is 4.79 Å². The smallest absolute Gasteiger partial charge is 0.264 e. The molecular weight excluding hydrogens is 428 g/mol. The molecule has 0 aliphatic carbocycles. The molecule has 0 bridgehead atoms. The molecule has 0 unspecified atom stereocenters. The van der Waals surface area contributed by atoms with Crippen molar-refractivity contribution in [1.29, 1.82) is 5.26 Å². The molecule has 0 saturated carbocycles. The average molecular weight is 445 g/mol. The van der Waals surface area contributed by atoms with E-state index in [-0.39, 0.29) is 12.5 Å². The Labute approximate surface area is 187 Å². The van der Waals surface area contributed by atoms with Gasteiger partial charge in [0, 0.05) is 28.1 Å². The molecule has 6 nitrogen and oxygen atoms in total. The second kappa shape index (κ2) is 9.80. The van der Waals surface area contributed by atoms with E-state index in [4.69, 9.17) is 4.74 Å². The lowest BCUT2D eigenvalue weighted by Gasteiger charge is -2.09. The van der Waals surface area contributed by atoms with Gasteiger partial charge in [-0.05, 0) is 12.1 Å². The van der Waals surface area contributed by atoms with E-state index in [0.29, 0.717) is 27.0 Å². The fraction of sp³-hybridized carbons (Fsp3) is 0.0435. The molecule has 0 saturated heterocycles. The number of nitrogens with one attached hydrogen (secondary N) is 1. The van der Waals surface area contributed by atoms with Crippen molar-refractivity contribution in [3.05, 3.63) is 82.1 Å². The Morgan fingerprint density at radius 2 is 1.94 bits per heavy atom. The number of amides is 1. The van der Waals surface area contributed by atoms with E-state index in [1.807, 2.05) is 53.9 Å². The van der Waals surface area contributed by atoms with Gasteiger partial charge in [-0.3, -0.25) is 10.1 Å². The molecule has 0 atom stereocenters. The highest BCUT2D eigenvalue weighted by Crippen LogP contribution is 2.29. The second-order valence-corrected chi connectivity index (χ2v) is 8.04. The van der Waals surface area contributed by atoms with Gasteiger partial charge in [0.05, 0.1) is 11.3 Å². The third kappa shape index (κ3) is 5.22. The summed E-state index contributed by atoms with van der Waals surface area (Å²) in [5.74, 6) is 0.200. The largest absolute Gasteiger partial charge is 0.483 e. The molecule has 152 valence electrons. The van der Waals surface area contributed by atoms with Crippen LogP contribution in [0.15, 0.2) is 71.6 Å². The van der Waals surface area contributed by atoms with E-state index in [0.717, 1.165) is 11.3 Å². The normalized spacial score (nSPS) is 11.0. The maximum atomic E-state index is 12.1. The highest BCUT2D eigenvalue weighted by Gasteiger charge is 2.12. The molecule has 1 N–H and O–H groups in total. The Morgan fingerprint density at radius 3 is 2.71 bits per heavy atom. The summed E-state index contributed by atoms with van der Waals surface area (Å²) in [5, 5.41) is 17.2. The number of carbonyl (C=O) groups excluding carboxylic acids is 1. The Bertz CT molecular complexity index is 1240. The van der Waals surface area contributed by atoms with Crippen LogP contribution in [0.3, 0.4) is 0 Å². The van der Waals surface area contributed by atoms with Crippen LogP contribution in [0.5, 0.6) is 5.75 Å². The van der Waals surface area contributed by atoms with Crippen LogP contribution < -0.4 is 10.1 Å². The van der Waals surface area contributed by atoms with Gasteiger partial charge < -0.3 is 4.74 Å². The van der Waals surface area contributed by atoms with Crippen molar-refractivity contribution in [3.8, 4) is 23.1 Å². The molecule has 0 aliphatic rings. The number of thiazole rings is 2. The van der Waals surface area contributed by atoms with Crippen LogP contribution in [0.4, 0.5) is 5.13 Å². The van der Waals surface area contributed by atoms with Crippen molar-refractivity contribution in [2.75, 3.05) is 11.9 Å². The first-order valence-electron chi connectivity index (χ1n) is 9.27. The summed E-state index contributed by atoms with van der Waals surface area (Å²) >= 11 is 2.75. The van der Waals surface area contributed by atoms with Crippen molar-refractivity contribution in [1.82, 2.24) is 9.97 Å². The van der Waals surface area contributed by atoms with E-state index in [9.17, 15) is 10.1 Å². The monoisotopic (exact) mass is 444 g/mol. The minimum absolute atomic E-state index is 0.165. The first kappa shape index (κ1) is 20.5. The van der Waals surface area contributed by atoms with Crippen LogP contribution in [0.2, 0.25) is 0 Å². The van der Waals surface area contributed by atoms with Gasteiger partial charge in [-0.25, -0.2) is 9.97 Å². The lowest BCUT2D eigenvalue weighted by Crippen LogP contribution is -2.20. The van der Waals surface area contributed by atoms with Crippen LogP contribution in [0.1, 0.15) is 10.6 Å². The van der Waals surface area contributed by atoms with Crippen molar-refractivity contribution < 1.29 is 9.53 Å². The van der Waals surface area contributed by atoms with Gasteiger partial charge >= 0.3 is 0 Å². The molecule has 4 aromatic rings. The van der Waals surface area contributed by atoms with Crippen LogP contribution in [0, 0.1) is 11.3 Å². The number of para-hydroxylation sites is 1. The van der Waals surface area contributed by atoms with E-state index < -0.39 is 0 Å². The summed E-state index contributed by atoms with van der Waals surface area (Å²) in [4.78, 5) is 20.7. The molecule has 0 fully saturated rings. The second-order valence-electron chi connectivity index (χ2n) is 6.29. The van der Waals surface area contributed by atoms with E-state index >= 15 is 0 Å². The van der Waals surface area contributed by atoms with E-state index in [1.54, 1.807) is 23.7 Å². The quantitative estimate of drug-likeness (QED) is 0.388. The molecule has 2 aromatic heterocycles.